The lowest BCUT2D eigenvalue weighted by atomic mass is 9.83. The SMILES string of the molecule is O=C(C1CCC1)N1CCCC[C@H]1c1nc(-c2ccccn2)no1. The van der Waals surface area contributed by atoms with Crippen molar-refractivity contribution in [3.63, 3.8) is 0 Å². The maximum absolute atomic E-state index is 12.7. The number of carbonyl (C=O) groups excluding carboxylic acids is 1. The highest BCUT2D eigenvalue weighted by Gasteiger charge is 2.37. The van der Waals surface area contributed by atoms with Gasteiger partial charge in [-0.15, -0.1) is 0 Å². The molecule has 1 aliphatic carbocycles. The lowest BCUT2D eigenvalue weighted by molar-refractivity contribution is -0.142. The molecule has 2 aliphatic rings. The van der Waals surface area contributed by atoms with Gasteiger partial charge in [0.05, 0.1) is 0 Å². The van der Waals surface area contributed by atoms with E-state index in [1.54, 1.807) is 6.20 Å². The predicted molar refractivity (Wildman–Crippen MR) is 83.2 cm³/mol. The van der Waals surface area contributed by atoms with Crippen molar-refractivity contribution in [2.75, 3.05) is 6.54 Å². The molecule has 6 nitrogen and oxygen atoms in total. The van der Waals surface area contributed by atoms with Crippen LogP contribution in [-0.4, -0.2) is 32.5 Å². The number of likely N-dealkylation sites (tertiary alicyclic amines) is 1. The molecule has 2 fully saturated rings. The summed E-state index contributed by atoms with van der Waals surface area (Å²) in [6.07, 6.45) is 7.94. The third kappa shape index (κ3) is 2.73. The van der Waals surface area contributed by atoms with Crippen LogP contribution >= 0.6 is 0 Å². The molecule has 6 heteroatoms. The van der Waals surface area contributed by atoms with Crippen molar-refractivity contribution in [2.24, 2.45) is 5.92 Å². The van der Waals surface area contributed by atoms with E-state index < -0.39 is 0 Å². The second kappa shape index (κ2) is 6.10. The van der Waals surface area contributed by atoms with Gasteiger partial charge in [0.1, 0.15) is 11.7 Å². The van der Waals surface area contributed by atoms with Crippen LogP contribution in [0.1, 0.15) is 50.5 Å². The summed E-state index contributed by atoms with van der Waals surface area (Å²) in [5.41, 5.74) is 0.690. The summed E-state index contributed by atoms with van der Waals surface area (Å²) >= 11 is 0. The number of amides is 1. The number of pyridine rings is 1. The molecule has 0 N–H and O–H groups in total. The summed E-state index contributed by atoms with van der Waals surface area (Å²) in [7, 11) is 0. The van der Waals surface area contributed by atoms with Gasteiger partial charge in [-0.1, -0.05) is 17.6 Å². The Morgan fingerprint density at radius 1 is 1.17 bits per heavy atom. The van der Waals surface area contributed by atoms with Gasteiger partial charge in [0.15, 0.2) is 0 Å². The van der Waals surface area contributed by atoms with Crippen molar-refractivity contribution in [3.8, 4) is 11.5 Å². The van der Waals surface area contributed by atoms with Crippen LogP contribution in [-0.2, 0) is 4.79 Å². The number of nitrogens with zero attached hydrogens (tertiary/aromatic N) is 4. The van der Waals surface area contributed by atoms with Gasteiger partial charge in [0, 0.05) is 18.7 Å². The maximum atomic E-state index is 12.7. The third-order valence-corrected chi connectivity index (χ3v) is 4.86. The van der Waals surface area contributed by atoms with Gasteiger partial charge in [-0.25, -0.2) is 0 Å². The van der Waals surface area contributed by atoms with Crippen LogP contribution in [0.25, 0.3) is 11.5 Å². The Bertz CT molecular complexity index is 681. The number of piperidine rings is 1. The highest BCUT2D eigenvalue weighted by molar-refractivity contribution is 5.80. The molecule has 1 saturated carbocycles. The second-order valence-electron chi connectivity index (χ2n) is 6.34. The average Bonchev–Trinajstić information content (AvgIpc) is 3.04. The lowest BCUT2D eigenvalue weighted by Gasteiger charge is -2.38. The number of hydrogen-bond donors (Lipinski definition) is 0. The van der Waals surface area contributed by atoms with Crippen molar-refractivity contribution in [2.45, 2.75) is 44.6 Å². The minimum Gasteiger partial charge on any atom is -0.337 e. The van der Waals surface area contributed by atoms with E-state index in [1.165, 1.54) is 6.42 Å². The Labute approximate surface area is 134 Å². The Morgan fingerprint density at radius 2 is 2.09 bits per heavy atom. The van der Waals surface area contributed by atoms with E-state index in [1.807, 2.05) is 23.1 Å². The van der Waals surface area contributed by atoms with E-state index in [0.717, 1.165) is 38.6 Å². The smallest absolute Gasteiger partial charge is 0.249 e. The van der Waals surface area contributed by atoms with Gasteiger partial charge in [-0.3, -0.25) is 9.78 Å². The Balaban J connectivity index is 1.57. The molecule has 0 bridgehead atoms. The van der Waals surface area contributed by atoms with Crippen LogP contribution in [0.2, 0.25) is 0 Å². The zero-order chi connectivity index (χ0) is 15.6. The molecular formula is C17H20N4O2. The van der Waals surface area contributed by atoms with Crippen LogP contribution < -0.4 is 0 Å². The minimum atomic E-state index is -0.0817. The molecule has 23 heavy (non-hydrogen) atoms. The van der Waals surface area contributed by atoms with Gasteiger partial charge in [0.2, 0.25) is 17.6 Å². The molecule has 0 aromatic carbocycles. The molecule has 1 saturated heterocycles. The van der Waals surface area contributed by atoms with Crippen molar-refractivity contribution < 1.29 is 9.32 Å². The summed E-state index contributed by atoms with van der Waals surface area (Å²) in [4.78, 5) is 23.4. The number of aromatic nitrogens is 3. The van der Waals surface area contributed by atoms with Gasteiger partial charge in [-0.2, -0.15) is 4.98 Å². The molecule has 1 amide bonds. The molecule has 2 aromatic heterocycles. The molecule has 3 heterocycles. The lowest BCUT2D eigenvalue weighted by Crippen LogP contribution is -2.43. The third-order valence-electron chi connectivity index (χ3n) is 4.86. The molecule has 1 aliphatic heterocycles. The van der Waals surface area contributed by atoms with Crippen LogP contribution in [0.4, 0.5) is 0 Å². The van der Waals surface area contributed by atoms with Crippen LogP contribution in [0.5, 0.6) is 0 Å². The molecule has 120 valence electrons. The molecule has 0 radical (unpaired) electrons. The van der Waals surface area contributed by atoms with E-state index in [4.69, 9.17) is 4.52 Å². The fraction of sp³-hybridized carbons (Fsp3) is 0.529. The summed E-state index contributed by atoms with van der Waals surface area (Å²) in [6, 6.07) is 5.52. The van der Waals surface area contributed by atoms with Crippen molar-refractivity contribution in [3.05, 3.63) is 30.3 Å². The summed E-state index contributed by atoms with van der Waals surface area (Å²) in [5, 5.41) is 4.05. The normalized spacial score (nSPS) is 21.9. The highest BCUT2D eigenvalue weighted by Crippen LogP contribution is 2.36. The zero-order valence-electron chi connectivity index (χ0n) is 13.0. The largest absolute Gasteiger partial charge is 0.337 e. The molecule has 0 spiro atoms. The van der Waals surface area contributed by atoms with E-state index in [2.05, 4.69) is 15.1 Å². The van der Waals surface area contributed by atoms with Crippen LogP contribution in [0, 0.1) is 5.92 Å². The number of rotatable bonds is 3. The summed E-state index contributed by atoms with van der Waals surface area (Å²) in [5.74, 6) is 1.49. The fourth-order valence-electron chi connectivity index (χ4n) is 3.31. The Morgan fingerprint density at radius 3 is 2.83 bits per heavy atom. The topological polar surface area (TPSA) is 72.1 Å². The maximum Gasteiger partial charge on any atom is 0.249 e. The first-order chi connectivity index (χ1) is 11.3. The van der Waals surface area contributed by atoms with Gasteiger partial charge in [-0.05, 0) is 44.2 Å². The predicted octanol–water partition coefficient (Wildman–Crippen LogP) is 2.99. The first kappa shape index (κ1) is 14.4. The van der Waals surface area contributed by atoms with E-state index >= 15 is 0 Å². The van der Waals surface area contributed by atoms with Crippen molar-refractivity contribution in [1.29, 1.82) is 0 Å². The van der Waals surface area contributed by atoms with Crippen LogP contribution in [0.15, 0.2) is 28.9 Å². The zero-order valence-corrected chi connectivity index (χ0v) is 13.0. The highest BCUT2D eigenvalue weighted by atomic mass is 16.5. The monoisotopic (exact) mass is 312 g/mol. The van der Waals surface area contributed by atoms with Gasteiger partial charge in [0.25, 0.3) is 0 Å². The molecule has 4 rings (SSSR count). The molecular weight excluding hydrogens is 292 g/mol. The first-order valence-electron chi connectivity index (χ1n) is 8.38. The Hall–Kier alpha value is -2.24. The minimum absolute atomic E-state index is 0.0817. The first-order valence-corrected chi connectivity index (χ1v) is 8.38. The number of hydrogen-bond acceptors (Lipinski definition) is 5. The Kier molecular flexibility index (Phi) is 3.81. The quantitative estimate of drug-likeness (QED) is 0.871. The molecule has 0 unspecified atom stereocenters. The standard InChI is InChI=1S/C17H20N4O2/c22-17(12-6-5-7-12)21-11-4-2-9-14(21)16-19-15(20-23-16)13-8-1-3-10-18-13/h1,3,8,10,12,14H,2,4-7,9,11H2/t14-/m0/s1. The van der Waals surface area contributed by atoms with Crippen LogP contribution in [0.3, 0.4) is 0 Å². The summed E-state index contributed by atoms with van der Waals surface area (Å²) in [6.45, 7) is 0.793. The van der Waals surface area contributed by atoms with Gasteiger partial charge < -0.3 is 9.42 Å². The van der Waals surface area contributed by atoms with Crippen molar-refractivity contribution >= 4 is 5.91 Å². The van der Waals surface area contributed by atoms with Crippen molar-refractivity contribution in [1.82, 2.24) is 20.0 Å². The molecule has 2 aromatic rings. The average molecular weight is 312 g/mol. The molecule has 1 atom stereocenters. The number of carbonyl (C=O) groups is 1. The van der Waals surface area contributed by atoms with E-state index in [9.17, 15) is 4.79 Å². The van der Waals surface area contributed by atoms with E-state index in [-0.39, 0.29) is 17.9 Å². The summed E-state index contributed by atoms with van der Waals surface area (Å²) < 4.78 is 5.48. The van der Waals surface area contributed by atoms with E-state index in [0.29, 0.717) is 17.4 Å². The van der Waals surface area contributed by atoms with Gasteiger partial charge >= 0.3 is 0 Å². The fourth-order valence-corrected chi connectivity index (χ4v) is 3.31. The second-order valence-corrected chi connectivity index (χ2v) is 6.34.